The molecule has 3 aromatic rings. The van der Waals surface area contributed by atoms with Gasteiger partial charge in [0.2, 0.25) is 5.91 Å². The fourth-order valence-electron chi connectivity index (χ4n) is 3.70. The van der Waals surface area contributed by atoms with E-state index in [0.29, 0.717) is 36.3 Å². The van der Waals surface area contributed by atoms with Gasteiger partial charge in [0.15, 0.2) is 18.2 Å². The number of carbonyl (C=O) groups is 2. The highest BCUT2D eigenvalue weighted by Crippen LogP contribution is 2.43. The van der Waals surface area contributed by atoms with Crippen molar-refractivity contribution in [1.29, 1.82) is 0 Å². The smallest absolute Gasteiger partial charge is 0.382 e. The summed E-state index contributed by atoms with van der Waals surface area (Å²) in [4.78, 5) is 46.3. The molecule has 3 N–H and O–H groups in total. The number of amides is 2. The first-order valence-electron chi connectivity index (χ1n) is 14.6. The first-order chi connectivity index (χ1) is 21.8. The summed E-state index contributed by atoms with van der Waals surface area (Å²) < 4.78 is 56.0. The Balaban J connectivity index is 1.73. The summed E-state index contributed by atoms with van der Waals surface area (Å²) >= 11 is 0. The molecule has 0 saturated heterocycles. The number of rotatable bonds is 15. The number of methoxy groups -OCH3 is 1. The van der Waals surface area contributed by atoms with Crippen molar-refractivity contribution in [3.8, 4) is 11.3 Å². The molecule has 43 heavy (non-hydrogen) atoms. The van der Waals surface area contributed by atoms with Crippen molar-refractivity contribution in [2.45, 2.75) is 26.5 Å². The first-order valence-corrected chi connectivity index (χ1v) is 14.6. The van der Waals surface area contributed by atoms with Crippen LogP contribution in [0.5, 0.6) is 0 Å². The Hall–Kier alpha value is -3.86. The lowest BCUT2D eigenvalue weighted by Gasteiger charge is -2.17. The summed E-state index contributed by atoms with van der Waals surface area (Å²) in [7, 11) is -1.52. The molecule has 18 heteroatoms. The van der Waals surface area contributed by atoms with Gasteiger partial charge < -0.3 is 25.0 Å². The van der Waals surface area contributed by atoms with E-state index in [1.807, 2.05) is 5.32 Å². The molecule has 3 aromatic heterocycles. The van der Waals surface area contributed by atoms with Gasteiger partial charge in [0.1, 0.15) is 16.9 Å². The zero-order valence-corrected chi connectivity index (χ0v) is 24.6. The molecule has 1 atom stereocenters. The Morgan fingerprint density at radius 2 is 2.02 bits per heavy atom. The number of aryl methyl sites for hydroxylation is 1. The lowest BCUT2D eigenvalue weighted by molar-refractivity contribution is -0.117. The van der Waals surface area contributed by atoms with E-state index in [2.05, 4.69) is 30.6 Å². The van der Waals surface area contributed by atoms with Crippen LogP contribution in [-0.2, 0) is 41.7 Å². The molecule has 1 saturated carbocycles. The van der Waals surface area contributed by atoms with Crippen LogP contribution < -0.4 is 16.0 Å². The maximum absolute atomic E-state index is 13.2. The molecule has 0 radical (unpaired) electrons. The van der Waals surface area contributed by atoms with Gasteiger partial charge in [-0.15, -0.1) is 0 Å². The molecule has 0 spiro atoms. The van der Waals surface area contributed by atoms with Crippen LogP contribution >= 0.6 is 7.82 Å². The molecule has 0 aromatic carbocycles. The highest BCUT2D eigenvalue weighted by molar-refractivity contribution is 7.47. The minimum atomic E-state index is -4.67. The van der Waals surface area contributed by atoms with Crippen molar-refractivity contribution in [2.75, 3.05) is 45.8 Å². The molecule has 4 rings (SSSR count). The number of anilines is 1. The number of ether oxygens (including phenoxy) is 2. The van der Waals surface area contributed by atoms with Crippen molar-refractivity contribution >= 4 is 31.3 Å². The normalized spacial score (nSPS) is 16.2. The topological polar surface area (TPSA) is 206 Å². The Morgan fingerprint density at radius 1 is 1.23 bits per heavy atom. The average Bonchev–Trinajstić information content (AvgIpc) is 3.75. The zero-order valence-electron chi connectivity index (χ0n) is 26.7. The van der Waals surface area contributed by atoms with E-state index in [-0.39, 0.29) is 48.6 Å². The van der Waals surface area contributed by atoms with Crippen molar-refractivity contribution in [3.05, 3.63) is 41.1 Å². The van der Waals surface area contributed by atoms with Gasteiger partial charge in [-0.05, 0) is 25.8 Å². The Morgan fingerprint density at radius 3 is 2.72 bits per heavy atom. The summed E-state index contributed by atoms with van der Waals surface area (Å²) in [6.45, 7) is -1.69. The van der Waals surface area contributed by atoms with Crippen LogP contribution in [-0.4, -0.2) is 87.0 Å². The summed E-state index contributed by atoms with van der Waals surface area (Å²) in [5.41, 5.74) is 1.23. The Kier molecular flexibility index (Phi) is 9.45. The van der Waals surface area contributed by atoms with Crippen LogP contribution in [0, 0.1) is 12.8 Å². The predicted octanol–water partition coefficient (Wildman–Crippen LogP) is 1.08. The third-order valence-corrected chi connectivity index (χ3v) is 7.03. The lowest BCUT2D eigenvalue weighted by atomic mass is 10.1. The predicted molar refractivity (Wildman–Crippen MR) is 151 cm³/mol. The van der Waals surface area contributed by atoms with Gasteiger partial charge in [-0.2, -0.15) is 20.1 Å². The van der Waals surface area contributed by atoms with Crippen molar-refractivity contribution in [1.82, 2.24) is 35.1 Å². The highest BCUT2D eigenvalue weighted by atomic mass is 31.2. The second kappa shape index (κ2) is 14.5. The average molecular weight is 623 g/mol. The fraction of sp³-hybridized carbons (Fsp3) is 0.480. The van der Waals surface area contributed by atoms with Gasteiger partial charge in [0.05, 0.1) is 32.6 Å². The molecular weight excluding hydrogens is 585 g/mol. The Bertz CT molecular complexity index is 1680. The molecule has 232 valence electrons. The van der Waals surface area contributed by atoms with Crippen LogP contribution in [0.15, 0.2) is 29.5 Å². The van der Waals surface area contributed by atoms with Crippen LogP contribution in [0.3, 0.4) is 0 Å². The number of aromatic nitrogens is 6. The first kappa shape index (κ1) is 27.9. The van der Waals surface area contributed by atoms with E-state index in [4.69, 9.17) is 22.6 Å². The number of phosphoric acid groups is 1. The van der Waals surface area contributed by atoms with Crippen LogP contribution in [0.2, 0.25) is 0 Å². The van der Waals surface area contributed by atoms with Crippen molar-refractivity contribution in [2.24, 2.45) is 18.0 Å². The number of hydrogen-bond donors (Lipinski definition) is 3. The Labute approximate surface area is 251 Å². The zero-order chi connectivity index (χ0) is 33.5. The fourth-order valence-corrected chi connectivity index (χ4v) is 4.33. The van der Waals surface area contributed by atoms with Crippen molar-refractivity contribution < 1.29 is 41.7 Å². The minimum Gasteiger partial charge on any atom is -0.382 e. The molecule has 1 fully saturated rings. The van der Waals surface area contributed by atoms with E-state index in [9.17, 15) is 19.0 Å². The standard InChI is InChI=1S/C25H34N9O8P/c1-16-18(20-14-28-33(3)31-20)7-8-27-23(16)29-19-13-21(30-24(35)17-5-6-17)34(32-22(19)25(36)26-2)15-42-43(37,38)41-12-11-40-10-9-39-4/h7-8,13-14,17H,5-6,9-12,15H2,1-4H3,(H,26,36)(H,30,35)(H,37,38)/i2D3. The van der Waals surface area contributed by atoms with Crippen molar-refractivity contribution in [3.63, 3.8) is 0 Å². The van der Waals surface area contributed by atoms with E-state index in [0.717, 1.165) is 4.68 Å². The van der Waals surface area contributed by atoms with Crippen LogP contribution in [0.25, 0.3) is 11.3 Å². The monoisotopic (exact) mass is 622 g/mol. The van der Waals surface area contributed by atoms with Gasteiger partial charge in [-0.1, -0.05) is 0 Å². The molecule has 1 aliphatic carbocycles. The number of pyridine rings is 1. The minimum absolute atomic E-state index is 0.0213. The number of carbonyl (C=O) groups excluding carboxylic acids is 2. The second-order valence-electron chi connectivity index (χ2n) is 9.28. The summed E-state index contributed by atoms with van der Waals surface area (Å²) in [6.07, 6.45) is 4.35. The molecule has 2 amide bonds. The summed E-state index contributed by atoms with van der Waals surface area (Å²) in [5.74, 6) is -1.69. The van der Waals surface area contributed by atoms with Gasteiger partial charge in [-0.25, -0.2) is 19.2 Å². The van der Waals surface area contributed by atoms with E-state index >= 15 is 0 Å². The summed E-state index contributed by atoms with van der Waals surface area (Å²) in [5, 5.41) is 16.9. The van der Waals surface area contributed by atoms with E-state index in [1.165, 1.54) is 24.2 Å². The van der Waals surface area contributed by atoms with Gasteiger partial charge in [-0.3, -0.25) is 18.6 Å². The van der Waals surface area contributed by atoms with Crippen LogP contribution in [0.1, 0.15) is 33.0 Å². The van der Waals surface area contributed by atoms with Crippen LogP contribution in [0.4, 0.5) is 11.6 Å². The van der Waals surface area contributed by atoms with E-state index in [1.54, 1.807) is 26.2 Å². The molecule has 0 aliphatic heterocycles. The number of nitrogens with zero attached hydrogens (tertiary/aromatic N) is 7. The third-order valence-electron chi connectivity index (χ3n) is 6.08. The second-order valence-corrected chi connectivity index (χ2v) is 10.7. The maximum atomic E-state index is 13.2. The number of nitrogens with one attached hydrogen (secondary N) is 2. The molecule has 1 unspecified atom stereocenters. The number of phosphoric ester groups is 1. The molecule has 1 aliphatic rings. The van der Waals surface area contributed by atoms with Gasteiger partial charge in [0, 0.05) is 54.6 Å². The largest absolute Gasteiger partial charge is 0.474 e. The molecule has 0 bridgehead atoms. The van der Waals surface area contributed by atoms with Gasteiger partial charge >= 0.3 is 7.82 Å². The summed E-state index contributed by atoms with van der Waals surface area (Å²) in [6, 6.07) is 2.96. The SMILES string of the molecule is [2H]C([2H])([2H])NC(=O)c1nn(COP(=O)(O)OCCOCCOC)c(NC(=O)C2CC2)cc1=Nc1nccc(-c2cnn(C)n2)c1C. The highest BCUT2D eigenvalue weighted by Gasteiger charge is 2.31. The van der Waals surface area contributed by atoms with Gasteiger partial charge in [0.25, 0.3) is 5.91 Å². The maximum Gasteiger partial charge on any atom is 0.474 e. The quantitative estimate of drug-likeness (QED) is 0.161. The molecule has 17 nitrogen and oxygen atoms in total. The molecule has 3 heterocycles. The molecular formula is C25H34N9O8P. The third kappa shape index (κ3) is 8.82. The number of hydrogen-bond acceptors (Lipinski definition) is 12. The lowest BCUT2D eigenvalue weighted by Crippen LogP contribution is -2.32. The van der Waals surface area contributed by atoms with E-state index < -0.39 is 33.1 Å².